The highest BCUT2D eigenvalue weighted by molar-refractivity contribution is 5.76. The number of ether oxygens (including phenoxy) is 1. The molecule has 3 N–H and O–H groups in total. The van der Waals surface area contributed by atoms with Crippen molar-refractivity contribution in [3.8, 4) is 0 Å². The average Bonchev–Trinajstić information content (AvgIpc) is 3.21. The summed E-state index contributed by atoms with van der Waals surface area (Å²) in [7, 11) is 0. The van der Waals surface area contributed by atoms with Crippen LogP contribution in [-0.4, -0.2) is 47.4 Å². The molecule has 0 aliphatic rings. The van der Waals surface area contributed by atoms with Crippen molar-refractivity contribution in [2.24, 2.45) is 0 Å². The minimum atomic E-state index is -0.876. The number of hydrogen-bond acceptors (Lipinski definition) is 5. The summed E-state index contributed by atoms with van der Waals surface area (Å²) in [6.07, 6.45) is 56.8. The van der Waals surface area contributed by atoms with Crippen molar-refractivity contribution in [3.63, 3.8) is 0 Å². The molecule has 0 aromatic heterocycles. The summed E-state index contributed by atoms with van der Waals surface area (Å²) < 4.78 is 5.43. The Morgan fingerprint density at radius 2 is 0.895 bits per heavy atom. The minimum absolute atomic E-state index is 0.0469. The smallest absolute Gasteiger partial charge is 0.305 e. The molecule has 0 saturated heterocycles. The SMILES string of the molecule is CCCCC/C=C\C/C=C\CCCCCCCCCC(=O)OCCCCCC/C=C\CCCC(=O)NC(CO)C(O)/C=C/CCCCCCCCCCCCCC. The summed E-state index contributed by atoms with van der Waals surface area (Å²) in [5.74, 6) is -0.178. The number of nitrogens with one attached hydrogen (secondary N) is 1. The van der Waals surface area contributed by atoms with Crippen molar-refractivity contribution in [1.29, 1.82) is 0 Å². The molecular weight excluding hydrogens is 707 g/mol. The predicted molar refractivity (Wildman–Crippen MR) is 245 cm³/mol. The first-order valence-corrected chi connectivity index (χ1v) is 24.4. The molecule has 0 aliphatic carbocycles. The van der Waals surface area contributed by atoms with E-state index in [0.29, 0.717) is 19.4 Å². The number of unbranched alkanes of at least 4 members (excludes halogenated alkanes) is 27. The summed E-state index contributed by atoms with van der Waals surface area (Å²) in [4.78, 5) is 24.4. The van der Waals surface area contributed by atoms with Crippen molar-refractivity contribution >= 4 is 11.9 Å². The number of rotatable bonds is 44. The highest BCUT2D eigenvalue weighted by Crippen LogP contribution is 2.14. The second-order valence-corrected chi connectivity index (χ2v) is 16.4. The van der Waals surface area contributed by atoms with E-state index in [9.17, 15) is 19.8 Å². The second kappa shape index (κ2) is 46.5. The van der Waals surface area contributed by atoms with Gasteiger partial charge in [0.25, 0.3) is 0 Å². The first-order valence-electron chi connectivity index (χ1n) is 24.4. The number of amides is 1. The molecule has 0 saturated carbocycles. The van der Waals surface area contributed by atoms with E-state index >= 15 is 0 Å². The topological polar surface area (TPSA) is 95.9 Å². The molecule has 2 atom stereocenters. The summed E-state index contributed by atoms with van der Waals surface area (Å²) in [5.41, 5.74) is 0. The number of aliphatic hydroxyl groups is 2. The van der Waals surface area contributed by atoms with Crippen molar-refractivity contribution in [3.05, 3.63) is 48.6 Å². The molecular formula is C51H93NO5. The van der Waals surface area contributed by atoms with Crippen LogP contribution in [0.15, 0.2) is 48.6 Å². The Morgan fingerprint density at radius 1 is 0.491 bits per heavy atom. The van der Waals surface area contributed by atoms with Gasteiger partial charge in [-0.05, 0) is 83.5 Å². The number of carbonyl (C=O) groups is 2. The van der Waals surface area contributed by atoms with Crippen LogP contribution in [0.2, 0.25) is 0 Å². The van der Waals surface area contributed by atoms with Gasteiger partial charge >= 0.3 is 5.97 Å². The van der Waals surface area contributed by atoms with Gasteiger partial charge < -0.3 is 20.3 Å². The third-order valence-corrected chi connectivity index (χ3v) is 10.8. The van der Waals surface area contributed by atoms with Crippen molar-refractivity contribution < 1.29 is 24.5 Å². The molecule has 6 nitrogen and oxygen atoms in total. The van der Waals surface area contributed by atoms with E-state index in [1.165, 1.54) is 135 Å². The Labute approximate surface area is 353 Å². The molecule has 0 spiro atoms. The lowest BCUT2D eigenvalue weighted by molar-refractivity contribution is -0.143. The quantitative estimate of drug-likeness (QED) is 0.0324. The van der Waals surface area contributed by atoms with Crippen LogP contribution in [0.25, 0.3) is 0 Å². The lowest BCUT2D eigenvalue weighted by Gasteiger charge is -2.19. The van der Waals surface area contributed by atoms with Crippen LogP contribution in [0.4, 0.5) is 0 Å². The van der Waals surface area contributed by atoms with Gasteiger partial charge in [-0.15, -0.1) is 0 Å². The molecule has 0 fully saturated rings. The molecule has 0 aliphatic heterocycles. The van der Waals surface area contributed by atoms with Crippen molar-refractivity contribution in [1.82, 2.24) is 5.32 Å². The maximum absolute atomic E-state index is 12.4. The van der Waals surface area contributed by atoms with Crippen LogP contribution in [0.3, 0.4) is 0 Å². The second-order valence-electron chi connectivity index (χ2n) is 16.4. The number of allylic oxidation sites excluding steroid dienone is 7. The van der Waals surface area contributed by atoms with E-state index in [4.69, 9.17) is 4.74 Å². The predicted octanol–water partition coefficient (Wildman–Crippen LogP) is 14.3. The van der Waals surface area contributed by atoms with E-state index in [-0.39, 0.29) is 18.5 Å². The Balaban J connectivity index is 3.59. The zero-order chi connectivity index (χ0) is 41.5. The minimum Gasteiger partial charge on any atom is -0.466 e. The first kappa shape index (κ1) is 54.8. The Hall–Kier alpha value is -2.18. The third-order valence-electron chi connectivity index (χ3n) is 10.8. The van der Waals surface area contributed by atoms with Gasteiger partial charge in [0.2, 0.25) is 5.91 Å². The number of aliphatic hydroxyl groups excluding tert-OH is 2. The summed E-state index contributed by atoms with van der Waals surface area (Å²) in [6, 6.07) is -0.666. The van der Waals surface area contributed by atoms with Gasteiger partial charge in [0.1, 0.15) is 0 Å². The van der Waals surface area contributed by atoms with Crippen LogP contribution in [-0.2, 0) is 14.3 Å². The maximum atomic E-state index is 12.4. The lowest BCUT2D eigenvalue weighted by Crippen LogP contribution is -2.45. The zero-order valence-corrected chi connectivity index (χ0v) is 37.6. The largest absolute Gasteiger partial charge is 0.466 e. The molecule has 1 amide bonds. The third kappa shape index (κ3) is 43.2. The zero-order valence-electron chi connectivity index (χ0n) is 37.6. The van der Waals surface area contributed by atoms with Gasteiger partial charge in [-0.3, -0.25) is 9.59 Å². The summed E-state index contributed by atoms with van der Waals surface area (Å²) in [6.45, 7) is 4.76. The van der Waals surface area contributed by atoms with Gasteiger partial charge in [0, 0.05) is 12.8 Å². The Morgan fingerprint density at radius 3 is 1.42 bits per heavy atom. The number of esters is 1. The molecule has 0 aromatic rings. The van der Waals surface area contributed by atoms with Gasteiger partial charge in [0.05, 0.1) is 25.4 Å². The summed E-state index contributed by atoms with van der Waals surface area (Å²) in [5, 5.41) is 23.0. The van der Waals surface area contributed by atoms with Crippen LogP contribution in [0.5, 0.6) is 0 Å². The van der Waals surface area contributed by atoms with Crippen LogP contribution in [0.1, 0.15) is 239 Å². The maximum Gasteiger partial charge on any atom is 0.305 e. The van der Waals surface area contributed by atoms with Crippen molar-refractivity contribution in [2.45, 2.75) is 251 Å². The Bertz CT molecular complexity index is 973. The monoisotopic (exact) mass is 800 g/mol. The van der Waals surface area contributed by atoms with Gasteiger partial charge in [0.15, 0.2) is 0 Å². The fourth-order valence-corrected chi connectivity index (χ4v) is 7.02. The van der Waals surface area contributed by atoms with Gasteiger partial charge in [-0.25, -0.2) is 0 Å². The van der Waals surface area contributed by atoms with Gasteiger partial charge in [-0.2, -0.15) is 0 Å². The van der Waals surface area contributed by atoms with E-state index < -0.39 is 12.1 Å². The van der Waals surface area contributed by atoms with Crippen molar-refractivity contribution in [2.75, 3.05) is 13.2 Å². The van der Waals surface area contributed by atoms with Crippen LogP contribution < -0.4 is 5.32 Å². The molecule has 6 heteroatoms. The van der Waals surface area contributed by atoms with Crippen LogP contribution >= 0.6 is 0 Å². The first-order chi connectivity index (χ1) is 28.0. The highest BCUT2D eigenvalue weighted by Gasteiger charge is 2.17. The standard InChI is InChI=1S/C51H93NO5/c1-3-5-7-9-11-13-15-17-19-20-21-23-25-29-33-37-41-45-51(56)57-46-42-38-34-30-26-28-32-36-40-44-50(55)52-48(47-53)49(54)43-39-35-31-27-24-22-18-16-14-12-10-8-6-4-2/h11,13,17,19,28,32,39,43,48-49,53-54H,3-10,12,14-16,18,20-27,29-31,33-38,40-42,44-47H2,1-2H3,(H,52,55)/b13-11-,19-17-,32-28-,43-39+. The Kier molecular flexibility index (Phi) is 44.7. The van der Waals surface area contributed by atoms with E-state index in [1.54, 1.807) is 6.08 Å². The van der Waals surface area contributed by atoms with Crippen LogP contribution in [0, 0.1) is 0 Å². The molecule has 332 valence electrons. The molecule has 57 heavy (non-hydrogen) atoms. The lowest BCUT2D eigenvalue weighted by atomic mass is 10.0. The molecule has 0 heterocycles. The number of hydrogen-bond donors (Lipinski definition) is 3. The van der Waals surface area contributed by atoms with Gasteiger partial charge in [-0.1, -0.05) is 191 Å². The van der Waals surface area contributed by atoms with E-state index in [1.807, 2.05) is 6.08 Å². The molecule has 0 rings (SSSR count). The van der Waals surface area contributed by atoms with E-state index in [0.717, 1.165) is 77.0 Å². The normalized spacial score (nSPS) is 13.1. The number of carbonyl (C=O) groups excluding carboxylic acids is 2. The highest BCUT2D eigenvalue weighted by atomic mass is 16.5. The molecule has 0 aromatic carbocycles. The van der Waals surface area contributed by atoms with E-state index in [2.05, 4.69) is 55.6 Å². The average molecular weight is 800 g/mol. The summed E-state index contributed by atoms with van der Waals surface area (Å²) >= 11 is 0. The fourth-order valence-electron chi connectivity index (χ4n) is 7.02. The molecule has 0 radical (unpaired) electrons. The molecule has 0 bridgehead atoms. The molecule has 2 unspecified atom stereocenters. The fraction of sp³-hybridized carbons (Fsp3) is 0.804.